The lowest BCUT2D eigenvalue weighted by atomic mass is 9.63. The molecular formula is C12H7ClF3NO. The van der Waals surface area contributed by atoms with Gasteiger partial charge in [0.15, 0.2) is 0 Å². The van der Waals surface area contributed by atoms with Gasteiger partial charge in [-0.25, -0.2) is 0 Å². The Labute approximate surface area is 106 Å². The highest BCUT2D eigenvalue weighted by Gasteiger charge is 2.51. The molecule has 2 nitrogen and oxygen atoms in total. The molecule has 0 heterocycles. The van der Waals surface area contributed by atoms with Crippen LogP contribution in [0.15, 0.2) is 18.2 Å². The van der Waals surface area contributed by atoms with Gasteiger partial charge in [0.05, 0.1) is 17.0 Å². The molecule has 1 aromatic carbocycles. The molecule has 1 saturated carbocycles. The third-order valence-corrected chi connectivity index (χ3v) is 3.32. The zero-order chi connectivity index (χ0) is 13.6. The van der Waals surface area contributed by atoms with E-state index in [-0.39, 0.29) is 29.2 Å². The Balaban J connectivity index is 2.64. The van der Waals surface area contributed by atoms with Gasteiger partial charge in [0.1, 0.15) is 5.78 Å². The second kappa shape index (κ2) is 3.99. The molecule has 0 spiro atoms. The average molecular weight is 274 g/mol. The minimum atomic E-state index is -4.59. The minimum absolute atomic E-state index is 0.126. The molecule has 0 N–H and O–H groups in total. The SMILES string of the molecule is N#CC1(c2c(Cl)cccc2C(F)(F)F)CC(=O)C1. The van der Waals surface area contributed by atoms with E-state index in [4.69, 9.17) is 16.9 Å². The summed E-state index contributed by atoms with van der Waals surface area (Å²) >= 11 is 5.80. The zero-order valence-corrected chi connectivity index (χ0v) is 9.77. The largest absolute Gasteiger partial charge is 0.416 e. The number of Topliss-reactive ketones (excluding diaryl/α,β-unsaturated/α-hetero) is 1. The maximum absolute atomic E-state index is 12.9. The van der Waals surface area contributed by atoms with Crippen molar-refractivity contribution < 1.29 is 18.0 Å². The van der Waals surface area contributed by atoms with Crippen LogP contribution >= 0.6 is 11.6 Å². The monoisotopic (exact) mass is 273 g/mol. The van der Waals surface area contributed by atoms with Crippen LogP contribution in [0, 0.1) is 11.3 Å². The predicted octanol–water partition coefficient (Wildman–Crippen LogP) is 3.48. The van der Waals surface area contributed by atoms with E-state index >= 15 is 0 Å². The van der Waals surface area contributed by atoms with Crippen LogP contribution in [-0.4, -0.2) is 5.78 Å². The van der Waals surface area contributed by atoms with Gasteiger partial charge in [-0.1, -0.05) is 17.7 Å². The fraction of sp³-hybridized carbons (Fsp3) is 0.333. The fourth-order valence-electron chi connectivity index (χ4n) is 2.18. The summed E-state index contributed by atoms with van der Waals surface area (Å²) in [6, 6.07) is 5.17. The summed E-state index contributed by atoms with van der Waals surface area (Å²) in [7, 11) is 0. The maximum Gasteiger partial charge on any atom is 0.416 e. The van der Waals surface area contributed by atoms with E-state index in [9.17, 15) is 18.0 Å². The van der Waals surface area contributed by atoms with Gasteiger partial charge in [-0.2, -0.15) is 18.4 Å². The van der Waals surface area contributed by atoms with E-state index < -0.39 is 17.2 Å². The van der Waals surface area contributed by atoms with Gasteiger partial charge >= 0.3 is 6.18 Å². The first-order chi connectivity index (χ1) is 8.30. The van der Waals surface area contributed by atoms with E-state index in [0.717, 1.165) is 6.07 Å². The lowest BCUT2D eigenvalue weighted by molar-refractivity contribution is -0.140. The molecular weight excluding hydrogens is 267 g/mol. The van der Waals surface area contributed by atoms with Crippen LogP contribution in [0.1, 0.15) is 24.0 Å². The first-order valence-corrected chi connectivity index (χ1v) is 5.47. The molecule has 0 unspecified atom stereocenters. The Hall–Kier alpha value is -1.54. The smallest absolute Gasteiger partial charge is 0.300 e. The summed E-state index contributed by atoms with van der Waals surface area (Å²) in [6.07, 6.45) is -5.02. The Morgan fingerprint density at radius 3 is 2.39 bits per heavy atom. The standard InChI is InChI=1S/C12H7ClF3NO/c13-9-3-1-2-8(12(14,15)16)10(9)11(6-17)4-7(18)5-11/h1-3H,4-5H2. The predicted molar refractivity (Wildman–Crippen MR) is 58.0 cm³/mol. The van der Waals surface area contributed by atoms with Gasteiger partial charge in [-0.05, 0) is 12.1 Å². The number of nitriles is 1. The molecule has 0 amide bonds. The first kappa shape index (κ1) is 12.9. The molecule has 1 aliphatic carbocycles. The average Bonchev–Trinajstić information content (AvgIpc) is 2.23. The molecule has 1 aromatic rings. The van der Waals surface area contributed by atoms with Crippen LogP contribution in [-0.2, 0) is 16.4 Å². The van der Waals surface area contributed by atoms with Crippen molar-refractivity contribution in [3.05, 3.63) is 34.3 Å². The van der Waals surface area contributed by atoms with Crippen molar-refractivity contribution in [2.45, 2.75) is 24.4 Å². The maximum atomic E-state index is 12.9. The van der Waals surface area contributed by atoms with Gasteiger partial charge < -0.3 is 0 Å². The van der Waals surface area contributed by atoms with Crippen LogP contribution < -0.4 is 0 Å². The van der Waals surface area contributed by atoms with E-state index in [1.807, 2.05) is 6.07 Å². The molecule has 2 rings (SSSR count). The Morgan fingerprint density at radius 1 is 1.33 bits per heavy atom. The second-order valence-electron chi connectivity index (χ2n) is 4.25. The Morgan fingerprint density at radius 2 is 1.94 bits per heavy atom. The summed E-state index contributed by atoms with van der Waals surface area (Å²) in [5.74, 6) is -0.232. The van der Waals surface area contributed by atoms with Crippen molar-refractivity contribution in [1.29, 1.82) is 5.26 Å². The van der Waals surface area contributed by atoms with Crippen molar-refractivity contribution in [1.82, 2.24) is 0 Å². The molecule has 1 aliphatic rings. The van der Waals surface area contributed by atoms with Gasteiger partial charge in [-0.15, -0.1) is 0 Å². The second-order valence-corrected chi connectivity index (χ2v) is 4.65. The van der Waals surface area contributed by atoms with E-state index in [2.05, 4.69) is 0 Å². The van der Waals surface area contributed by atoms with E-state index in [0.29, 0.717) is 0 Å². The van der Waals surface area contributed by atoms with Crippen molar-refractivity contribution in [3.63, 3.8) is 0 Å². The minimum Gasteiger partial charge on any atom is -0.300 e. The van der Waals surface area contributed by atoms with Crippen molar-refractivity contribution in [2.75, 3.05) is 0 Å². The number of alkyl halides is 3. The molecule has 18 heavy (non-hydrogen) atoms. The number of rotatable bonds is 1. The Bertz CT molecular complexity index is 551. The summed E-state index contributed by atoms with van der Waals surface area (Å²) in [5, 5.41) is 8.97. The Kier molecular flexibility index (Phi) is 2.86. The summed E-state index contributed by atoms with van der Waals surface area (Å²) in [5.41, 5.74) is -2.65. The van der Waals surface area contributed by atoms with Gasteiger partial charge in [0.25, 0.3) is 0 Å². The fourth-order valence-corrected chi connectivity index (χ4v) is 2.54. The van der Waals surface area contributed by atoms with Crippen LogP contribution in [0.25, 0.3) is 0 Å². The van der Waals surface area contributed by atoms with Crippen molar-refractivity contribution in [3.8, 4) is 6.07 Å². The number of hydrogen-bond acceptors (Lipinski definition) is 2. The quantitative estimate of drug-likeness (QED) is 0.786. The van der Waals surface area contributed by atoms with Crippen molar-refractivity contribution in [2.24, 2.45) is 0 Å². The topological polar surface area (TPSA) is 40.9 Å². The van der Waals surface area contributed by atoms with Crippen LogP contribution in [0.3, 0.4) is 0 Å². The molecule has 0 aliphatic heterocycles. The van der Waals surface area contributed by atoms with Gasteiger partial charge in [-0.3, -0.25) is 4.79 Å². The van der Waals surface area contributed by atoms with Crippen LogP contribution in [0.2, 0.25) is 5.02 Å². The number of ketones is 1. The zero-order valence-electron chi connectivity index (χ0n) is 9.01. The molecule has 0 radical (unpaired) electrons. The highest BCUT2D eigenvalue weighted by molar-refractivity contribution is 6.31. The van der Waals surface area contributed by atoms with Gasteiger partial charge in [0, 0.05) is 23.4 Å². The molecule has 1 fully saturated rings. The molecule has 0 aromatic heterocycles. The van der Waals surface area contributed by atoms with E-state index in [1.165, 1.54) is 12.1 Å². The molecule has 0 bridgehead atoms. The molecule has 6 heteroatoms. The van der Waals surface area contributed by atoms with Crippen LogP contribution in [0.4, 0.5) is 13.2 Å². The summed E-state index contributed by atoms with van der Waals surface area (Å²) in [4.78, 5) is 11.0. The third kappa shape index (κ3) is 1.87. The first-order valence-electron chi connectivity index (χ1n) is 5.09. The van der Waals surface area contributed by atoms with Gasteiger partial charge in [0.2, 0.25) is 0 Å². The van der Waals surface area contributed by atoms with E-state index in [1.54, 1.807) is 0 Å². The summed E-state index contributed by atoms with van der Waals surface area (Å²) < 4.78 is 38.7. The third-order valence-electron chi connectivity index (χ3n) is 3.01. The number of hydrogen-bond donors (Lipinski definition) is 0. The summed E-state index contributed by atoms with van der Waals surface area (Å²) in [6.45, 7) is 0. The highest BCUT2D eigenvalue weighted by atomic mass is 35.5. The normalized spacial score (nSPS) is 18.1. The number of benzene rings is 1. The highest BCUT2D eigenvalue weighted by Crippen LogP contribution is 2.48. The number of carbonyl (C=O) groups is 1. The number of nitrogens with zero attached hydrogens (tertiary/aromatic N) is 1. The number of carbonyl (C=O) groups excluding carboxylic acids is 1. The van der Waals surface area contributed by atoms with Crippen molar-refractivity contribution >= 4 is 17.4 Å². The lowest BCUT2D eigenvalue weighted by Crippen LogP contribution is -2.42. The molecule has 0 atom stereocenters. The number of halogens is 4. The molecule has 0 saturated heterocycles. The van der Waals surface area contributed by atoms with Crippen LogP contribution in [0.5, 0.6) is 0 Å². The molecule has 94 valence electrons. The lowest BCUT2D eigenvalue weighted by Gasteiger charge is -2.36.